The van der Waals surface area contributed by atoms with Gasteiger partial charge in [0.2, 0.25) is 0 Å². The third kappa shape index (κ3) is 4.85. The standard InChI is InChI=1S/C14H21.C5H5.C2H7Si.CH3.2ClH.H2N.Ti/c1-13(2,3)11-7-9-12(10-8-11)14(4,5)6;1-2-4-5-3-1;1-3-2;;;;;/h7-9H,1-6H3;1-3H,4H2;3H,1-2H3;1H3;2*1H;1H2;/q;;;;;;-1;+1. The fourth-order valence-electron chi connectivity index (χ4n) is 4.01. The Labute approximate surface area is 182 Å². The van der Waals surface area contributed by atoms with Gasteiger partial charge in [-0.2, -0.15) is 0 Å². The van der Waals surface area contributed by atoms with Crippen LogP contribution in [0.5, 0.6) is 0 Å². The van der Waals surface area contributed by atoms with Crippen LogP contribution in [0.15, 0.2) is 40.3 Å². The van der Waals surface area contributed by atoms with Crippen molar-refractivity contribution in [3.8, 4) is 0 Å². The van der Waals surface area contributed by atoms with E-state index in [0.717, 1.165) is 6.42 Å². The molecular weight excluding hydrogens is 425 g/mol. The van der Waals surface area contributed by atoms with E-state index in [1.807, 2.05) is 0 Å². The Morgan fingerprint density at radius 1 is 0.963 bits per heavy atom. The number of allylic oxidation sites excluding steroid dienone is 4. The summed E-state index contributed by atoms with van der Waals surface area (Å²) in [6.45, 7) is 17.8. The fraction of sp³-hybridized carbons (Fsp3) is 0.545. The van der Waals surface area contributed by atoms with Crippen LogP contribution in [0.1, 0.15) is 59.1 Å². The summed E-state index contributed by atoms with van der Waals surface area (Å²) in [5, 5.41) is 2.50. The Morgan fingerprint density at radius 2 is 1.52 bits per heavy atom. The second-order valence-electron chi connectivity index (χ2n) is 10.7. The number of rotatable bonds is 3. The average molecular weight is 465 g/mol. The maximum atomic E-state index is 7.67. The molecule has 5 heteroatoms. The molecule has 1 aliphatic carbocycles. The van der Waals surface area contributed by atoms with Gasteiger partial charge in [-0.15, -0.1) is 24.8 Å². The molecule has 2 rings (SSSR count). The Morgan fingerprint density at radius 3 is 1.89 bits per heavy atom. The SMILES string of the molecule is C[SiH](C)[Ti]([CH3])([NH2])([C]1=CC=CC1)[c]1cc(C(C)(C)C)ccc1C(C)(C)C.Cl.Cl. The van der Waals surface area contributed by atoms with Crippen molar-refractivity contribution in [1.29, 1.82) is 0 Å². The van der Waals surface area contributed by atoms with Crippen LogP contribution in [-0.2, 0) is 25.6 Å². The van der Waals surface area contributed by atoms with Gasteiger partial charge in [0.05, 0.1) is 0 Å². The number of nitrogens with two attached hydrogens (primary N) is 1. The molecule has 0 unspecified atom stereocenters. The molecule has 0 saturated heterocycles. The molecule has 1 aromatic carbocycles. The first-order valence-corrected chi connectivity index (χ1v) is 19.3. The summed E-state index contributed by atoms with van der Waals surface area (Å²) in [4.78, 5) is 0. The van der Waals surface area contributed by atoms with Gasteiger partial charge < -0.3 is 0 Å². The molecule has 0 radical (unpaired) electrons. The molecule has 1 aromatic rings. The van der Waals surface area contributed by atoms with Gasteiger partial charge in [0, 0.05) is 0 Å². The van der Waals surface area contributed by atoms with Gasteiger partial charge in [0.1, 0.15) is 0 Å². The van der Waals surface area contributed by atoms with Gasteiger partial charge in [0.25, 0.3) is 0 Å². The van der Waals surface area contributed by atoms with Gasteiger partial charge >= 0.3 is 158 Å². The molecule has 0 atom stereocenters. The molecule has 0 heterocycles. The van der Waals surface area contributed by atoms with E-state index in [1.54, 1.807) is 3.88 Å². The van der Waals surface area contributed by atoms with Crippen LogP contribution in [0.2, 0.25) is 18.3 Å². The first-order chi connectivity index (χ1) is 11.2. The molecule has 1 nitrogen and oxygen atoms in total. The van der Waals surface area contributed by atoms with E-state index in [-0.39, 0.29) is 35.6 Å². The molecule has 0 aliphatic heterocycles. The van der Waals surface area contributed by atoms with E-state index in [4.69, 9.17) is 4.22 Å². The van der Waals surface area contributed by atoms with Gasteiger partial charge in [-0.25, -0.2) is 0 Å². The minimum absolute atomic E-state index is 0. The quantitative estimate of drug-likeness (QED) is 0.530. The first-order valence-electron chi connectivity index (χ1n) is 9.69. The molecular formula is C22H40Cl2NSiTi. The zero-order valence-corrected chi connectivity index (χ0v) is 23.0. The summed E-state index contributed by atoms with van der Waals surface area (Å²) in [5.74, 6) is 0. The first kappa shape index (κ1) is 27.2. The van der Waals surface area contributed by atoms with E-state index >= 15 is 0 Å². The molecule has 27 heavy (non-hydrogen) atoms. The molecule has 0 bridgehead atoms. The smallest absolute Gasteiger partial charge is 0.147 e. The number of hydrogen-bond acceptors (Lipinski definition) is 1. The Bertz CT molecular complexity index is 738. The molecule has 0 amide bonds. The van der Waals surface area contributed by atoms with Crippen LogP contribution in [0.4, 0.5) is 0 Å². The molecule has 0 fully saturated rings. The Kier molecular flexibility index (Phi) is 8.55. The summed E-state index contributed by atoms with van der Waals surface area (Å²) in [5.41, 5.74) is 3.14. The van der Waals surface area contributed by atoms with Crippen LogP contribution in [-0.4, -0.2) is 6.66 Å². The molecule has 155 valence electrons. The van der Waals surface area contributed by atoms with Crippen molar-refractivity contribution in [2.24, 2.45) is 4.22 Å². The van der Waals surface area contributed by atoms with Crippen molar-refractivity contribution in [3.63, 3.8) is 0 Å². The third-order valence-corrected chi connectivity index (χ3v) is 32.4. The van der Waals surface area contributed by atoms with E-state index in [0.29, 0.717) is 0 Å². The summed E-state index contributed by atoms with van der Waals surface area (Å²) in [6, 6.07) is 7.22. The van der Waals surface area contributed by atoms with Crippen molar-refractivity contribution >= 4 is 35.3 Å². The normalized spacial score (nSPS) is 16.3. The predicted octanol–water partition coefficient (Wildman–Crippen LogP) is 6.19. The molecule has 0 aromatic heterocycles. The Hall–Kier alpha value is 0.171. The molecule has 0 saturated carbocycles. The zero-order valence-electron chi connectivity index (χ0n) is 18.6. The number of benzene rings is 1. The maximum absolute atomic E-state index is 7.67. The van der Waals surface area contributed by atoms with Crippen LogP contribution < -0.4 is 8.08 Å². The van der Waals surface area contributed by atoms with E-state index < -0.39 is 21.5 Å². The minimum atomic E-state index is -3.46. The molecule has 0 spiro atoms. The maximum Gasteiger partial charge on any atom is -0.147 e. The summed E-state index contributed by atoms with van der Waals surface area (Å²) in [6.07, 6.45) is 7.91. The Balaban J connectivity index is 0.00000338. The second kappa shape index (κ2) is 8.50. The zero-order chi connectivity index (χ0) is 19.3. The minimum Gasteiger partial charge on any atom is -0.147 e. The summed E-state index contributed by atoms with van der Waals surface area (Å²) in [7, 11) is 0. The van der Waals surface area contributed by atoms with E-state index in [1.165, 1.54) is 15.0 Å². The van der Waals surface area contributed by atoms with Crippen molar-refractivity contribution < 1.29 is 14.8 Å². The van der Waals surface area contributed by atoms with Crippen molar-refractivity contribution in [2.45, 2.75) is 77.1 Å². The van der Waals surface area contributed by atoms with Crippen molar-refractivity contribution in [3.05, 3.63) is 51.4 Å². The molecule has 2 N–H and O–H groups in total. The van der Waals surface area contributed by atoms with Crippen molar-refractivity contribution in [2.75, 3.05) is 0 Å². The average Bonchev–Trinajstić information content (AvgIpc) is 3.00. The summed E-state index contributed by atoms with van der Waals surface area (Å²) >= 11 is -3.46. The largest absolute Gasteiger partial charge is 0.147 e. The third-order valence-electron chi connectivity index (χ3n) is 6.52. The van der Waals surface area contributed by atoms with Crippen LogP contribution >= 0.6 is 24.8 Å². The summed E-state index contributed by atoms with van der Waals surface area (Å²) < 4.78 is 10.8. The van der Waals surface area contributed by atoms with Gasteiger partial charge in [-0.3, -0.25) is 0 Å². The second-order valence-corrected chi connectivity index (χ2v) is 32.5. The van der Waals surface area contributed by atoms with Gasteiger partial charge in [0.15, 0.2) is 0 Å². The number of halogens is 2. The van der Waals surface area contributed by atoms with Crippen LogP contribution in [0, 0.1) is 0 Å². The van der Waals surface area contributed by atoms with Crippen LogP contribution in [0.25, 0.3) is 0 Å². The topological polar surface area (TPSA) is 26.0 Å². The van der Waals surface area contributed by atoms with Crippen LogP contribution in [0.3, 0.4) is 0 Å². The fourth-order valence-corrected chi connectivity index (χ4v) is 18.7. The predicted molar refractivity (Wildman–Crippen MR) is 129 cm³/mol. The number of hydrogen-bond donors (Lipinski definition) is 1. The van der Waals surface area contributed by atoms with Gasteiger partial charge in [-0.05, 0) is 0 Å². The van der Waals surface area contributed by atoms with E-state index in [9.17, 15) is 0 Å². The monoisotopic (exact) mass is 464 g/mol. The van der Waals surface area contributed by atoms with Crippen molar-refractivity contribution in [1.82, 2.24) is 0 Å². The van der Waals surface area contributed by atoms with Gasteiger partial charge in [-0.1, -0.05) is 0 Å². The molecule has 1 aliphatic rings. The van der Waals surface area contributed by atoms with E-state index in [2.05, 4.69) is 96.3 Å².